The number of allylic oxidation sites excluding steroid dienone is 1. The SMILES string of the molecule is C=C(CCC(C)C)c1ccccc1F. The van der Waals surface area contributed by atoms with Crippen LogP contribution in [0.3, 0.4) is 0 Å². The van der Waals surface area contributed by atoms with Gasteiger partial charge in [-0.05, 0) is 30.4 Å². The van der Waals surface area contributed by atoms with Gasteiger partial charge >= 0.3 is 0 Å². The lowest BCUT2D eigenvalue weighted by Crippen LogP contribution is -1.92. The van der Waals surface area contributed by atoms with E-state index in [1.54, 1.807) is 12.1 Å². The Morgan fingerprint density at radius 2 is 2.00 bits per heavy atom. The van der Waals surface area contributed by atoms with E-state index < -0.39 is 0 Å². The zero-order chi connectivity index (χ0) is 10.6. The fourth-order valence-electron chi connectivity index (χ4n) is 1.35. The summed E-state index contributed by atoms with van der Waals surface area (Å²) in [5.41, 5.74) is 1.56. The molecule has 0 spiro atoms. The molecule has 0 aliphatic rings. The van der Waals surface area contributed by atoms with Gasteiger partial charge in [0.15, 0.2) is 0 Å². The molecule has 0 heterocycles. The highest BCUT2D eigenvalue weighted by Gasteiger charge is 2.05. The van der Waals surface area contributed by atoms with E-state index in [1.165, 1.54) is 6.07 Å². The summed E-state index contributed by atoms with van der Waals surface area (Å²) in [6.45, 7) is 8.24. The molecule has 0 saturated carbocycles. The molecule has 0 aromatic heterocycles. The third kappa shape index (κ3) is 2.99. The minimum Gasteiger partial charge on any atom is -0.206 e. The molecular formula is C13H17F. The van der Waals surface area contributed by atoms with Crippen LogP contribution in [0.4, 0.5) is 4.39 Å². The van der Waals surface area contributed by atoms with Crippen molar-refractivity contribution in [3.8, 4) is 0 Å². The van der Waals surface area contributed by atoms with Crippen molar-refractivity contribution in [2.75, 3.05) is 0 Å². The van der Waals surface area contributed by atoms with Crippen LogP contribution in [0.25, 0.3) is 5.57 Å². The minimum atomic E-state index is -0.166. The third-order valence-electron chi connectivity index (χ3n) is 2.28. The van der Waals surface area contributed by atoms with Gasteiger partial charge in [0.1, 0.15) is 5.82 Å². The molecule has 0 bridgehead atoms. The van der Waals surface area contributed by atoms with Crippen molar-refractivity contribution in [2.45, 2.75) is 26.7 Å². The van der Waals surface area contributed by atoms with Crippen molar-refractivity contribution in [2.24, 2.45) is 5.92 Å². The van der Waals surface area contributed by atoms with Crippen LogP contribution >= 0.6 is 0 Å². The van der Waals surface area contributed by atoms with Gasteiger partial charge in [-0.2, -0.15) is 0 Å². The quantitative estimate of drug-likeness (QED) is 0.668. The summed E-state index contributed by atoms with van der Waals surface area (Å²) < 4.78 is 13.3. The summed E-state index contributed by atoms with van der Waals surface area (Å²) in [5, 5.41) is 0. The highest BCUT2D eigenvalue weighted by molar-refractivity contribution is 5.63. The molecule has 0 aliphatic heterocycles. The maximum absolute atomic E-state index is 13.3. The Morgan fingerprint density at radius 1 is 1.36 bits per heavy atom. The first-order chi connectivity index (χ1) is 6.61. The van der Waals surface area contributed by atoms with E-state index >= 15 is 0 Å². The van der Waals surface area contributed by atoms with E-state index in [-0.39, 0.29) is 5.82 Å². The smallest absolute Gasteiger partial charge is 0.130 e. The standard InChI is InChI=1S/C13H17F/c1-10(2)8-9-11(3)12-6-4-5-7-13(12)14/h4-7,10H,3,8-9H2,1-2H3. The van der Waals surface area contributed by atoms with Gasteiger partial charge < -0.3 is 0 Å². The van der Waals surface area contributed by atoms with Crippen LogP contribution in [0.2, 0.25) is 0 Å². The molecule has 0 N–H and O–H groups in total. The lowest BCUT2D eigenvalue weighted by atomic mass is 9.98. The Kier molecular flexibility index (Phi) is 3.87. The van der Waals surface area contributed by atoms with Crippen LogP contribution in [0.15, 0.2) is 30.8 Å². The molecule has 76 valence electrons. The van der Waals surface area contributed by atoms with Crippen LogP contribution in [0, 0.1) is 11.7 Å². The zero-order valence-corrected chi connectivity index (χ0v) is 8.89. The molecule has 0 amide bonds. The van der Waals surface area contributed by atoms with Crippen LogP contribution in [-0.2, 0) is 0 Å². The average Bonchev–Trinajstić information content (AvgIpc) is 2.15. The topological polar surface area (TPSA) is 0 Å². The van der Waals surface area contributed by atoms with E-state index in [9.17, 15) is 4.39 Å². The highest BCUT2D eigenvalue weighted by atomic mass is 19.1. The summed E-state index contributed by atoms with van der Waals surface area (Å²) in [7, 11) is 0. The van der Waals surface area contributed by atoms with Crippen LogP contribution < -0.4 is 0 Å². The summed E-state index contributed by atoms with van der Waals surface area (Å²) in [6, 6.07) is 6.82. The van der Waals surface area contributed by atoms with Crippen molar-refractivity contribution < 1.29 is 4.39 Å². The Balaban J connectivity index is 2.65. The number of halogens is 1. The van der Waals surface area contributed by atoms with Crippen molar-refractivity contribution in [1.82, 2.24) is 0 Å². The fourth-order valence-corrected chi connectivity index (χ4v) is 1.35. The molecule has 0 fully saturated rings. The molecule has 14 heavy (non-hydrogen) atoms. The number of benzene rings is 1. The lowest BCUT2D eigenvalue weighted by Gasteiger charge is -2.08. The van der Waals surface area contributed by atoms with Crippen LogP contribution in [0.1, 0.15) is 32.3 Å². The van der Waals surface area contributed by atoms with Crippen molar-refractivity contribution in [3.05, 3.63) is 42.2 Å². The van der Waals surface area contributed by atoms with Gasteiger partial charge in [0.05, 0.1) is 0 Å². The molecule has 0 nitrogen and oxygen atoms in total. The normalized spacial score (nSPS) is 10.6. The summed E-state index contributed by atoms with van der Waals surface area (Å²) in [6.07, 6.45) is 1.94. The zero-order valence-electron chi connectivity index (χ0n) is 8.89. The van der Waals surface area contributed by atoms with Gasteiger partial charge in [-0.1, -0.05) is 38.6 Å². The number of hydrogen-bond acceptors (Lipinski definition) is 0. The Hall–Kier alpha value is -1.11. The molecular weight excluding hydrogens is 175 g/mol. The molecule has 1 aromatic rings. The van der Waals surface area contributed by atoms with Gasteiger partial charge in [0, 0.05) is 5.56 Å². The van der Waals surface area contributed by atoms with Crippen molar-refractivity contribution in [3.63, 3.8) is 0 Å². The predicted molar refractivity (Wildman–Crippen MR) is 59.5 cm³/mol. The Morgan fingerprint density at radius 3 is 2.57 bits per heavy atom. The van der Waals surface area contributed by atoms with E-state index in [0.29, 0.717) is 11.5 Å². The first kappa shape index (κ1) is 11.0. The second-order valence-corrected chi connectivity index (χ2v) is 4.02. The van der Waals surface area contributed by atoms with Gasteiger partial charge in [-0.25, -0.2) is 4.39 Å². The van der Waals surface area contributed by atoms with E-state index in [1.807, 2.05) is 6.07 Å². The third-order valence-corrected chi connectivity index (χ3v) is 2.28. The van der Waals surface area contributed by atoms with Crippen molar-refractivity contribution in [1.29, 1.82) is 0 Å². The minimum absolute atomic E-state index is 0.166. The second kappa shape index (κ2) is 4.94. The summed E-state index contributed by atoms with van der Waals surface area (Å²) in [5.74, 6) is 0.472. The number of hydrogen-bond donors (Lipinski definition) is 0. The van der Waals surface area contributed by atoms with Crippen LogP contribution in [-0.4, -0.2) is 0 Å². The predicted octanol–water partition coefficient (Wildman–Crippen LogP) is 4.28. The van der Waals surface area contributed by atoms with E-state index in [2.05, 4.69) is 20.4 Å². The first-order valence-corrected chi connectivity index (χ1v) is 5.04. The van der Waals surface area contributed by atoms with Crippen LogP contribution in [0.5, 0.6) is 0 Å². The van der Waals surface area contributed by atoms with Gasteiger partial charge in [-0.3, -0.25) is 0 Å². The summed E-state index contributed by atoms with van der Waals surface area (Å²) in [4.78, 5) is 0. The summed E-state index contributed by atoms with van der Waals surface area (Å²) >= 11 is 0. The lowest BCUT2D eigenvalue weighted by molar-refractivity contribution is 0.593. The van der Waals surface area contributed by atoms with Gasteiger partial charge in [0.2, 0.25) is 0 Å². The van der Waals surface area contributed by atoms with E-state index in [0.717, 1.165) is 18.4 Å². The molecule has 0 atom stereocenters. The molecule has 0 radical (unpaired) electrons. The average molecular weight is 192 g/mol. The Bertz CT molecular complexity index is 313. The first-order valence-electron chi connectivity index (χ1n) is 5.04. The molecule has 0 saturated heterocycles. The second-order valence-electron chi connectivity index (χ2n) is 4.02. The number of rotatable bonds is 4. The van der Waals surface area contributed by atoms with Crippen molar-refractivity contribution >= 4 is 5.57 Å². The Labute approximate surface area is 85.5 Å². The fraction of sp³-hybridized carbons (Fsp3) is 0.385. The largest absolute Gasteiger partial charge is 0.206 e. The van der Waals surface area contributed by atoms with Gasteiger partial charge in [-0.15, -0.1) is 0 Å². The maximum atomic E-state index is 13.3. The monoisotopic (exact) mass is 192 g/mol. The molecule has 1 aromatic carbocycles. The van der Waals surface area contributed by atoms with Gasteiger partial charge in [0.25, 0.3) is 0 Å². The van der Waals surface area contributed by atoms with E-state index in [4.69, 9.17) is 0 Å². The maximum Gasteiger partial charge on any atom is 0.130 e. The highest BCUT2D eigenvalue weighted by Crippen LogP contribution is 2.22. The molecule has 1 rings (SSSR count). The molecule has 0 unspecified atom stereocenters. The molecule has 0 aliphatic carbocycles. The molecule has 1 heteroatoms.